The molecule has 1 aromatic carbocycles. The van der Waals surface area contributed by atoms with Gasteiger partial charge in [-0.15, -0.1) is 0 Å². The molecule has 0 spiro atoms. The van der Waals surface area contributed by atoms with Crippen molar-refractivity contribution in [3.63, 3.8) is 0 Å². The Hall–Kier alpha value is -1.10. The van der Waals surface area contributed by atoms with Crippen LogP contribution in [0.5, 0.6) is 0 Å². The van der Waals surface area contributed by atoms with E-state index in [2.05, 4.69) is 0 Å². The number of halogens is 4. The molecule has 0 aliphatic rings. The van der Waals surface area contributed by atoms with Crippen LogP contribution in [0.1, 0.15) is 11.1 Å². The minimum Gasteiger partial charge on any atom is -0.392 e. The molecule has 5 heteroatoms. The summed E-state index contributed by atoms with van der Waals surface area (Å²) in [5.74, 6) is -4.63. The van der Waals surface area contributed by atoms with E-state index in [1.807, 2.05) is 0 Å². The van der Waals surface area contributed by atoms with Gasteiger partial charge in [0.1, 0.15) is 5.82 Å². The van der Waals surface area contributed by atoms with Crippen molar-refractivity contribution in [3.8, 4) is 0 Å². The lowest BCUT2D eigenvalue weighted by Gasteiger charge is -2.15. The van der Waals surface area contributed by atoms with E-state index in [9.17, 15) is 17.6 Å². The smallest absolute Gasteiger partial charge is 0.301 e. The third kappa shape index (κ3) is 2.04. The number of rotatable bonds is 3. The first-order valence-electron chi connectivity index (χ1n) is 3.85. The van der Waals surface area contributed by atoms with Gasteiger partial charge in [0.25, 0.3) is 0 Å². The average molecular weight is 208 g/mol. The Morgan fingerprint density at radius 3 is 2.43 bits per heavy atom. The highest BCUT2D eigenvalue weighted by Crippen LogP contribution is 2.31. The molecular weight excluding hydrogens is 200 g/mol. The molecule has 0 aliphatic carbocycles. The summed E-state index contributed by atoms with van der Waals surface area (Å²) in [4.78, 5) is 0. The quantitative estimate of drug-likeness (QED) is 0.756. The van der Waals surface area contributed by atoms with Crippen LogP contribution < -0.4 is 0 Å². The Bertz CT molecular complexity index is 325. The maximum absolute atomic E-state index is 12.9. The molecule has 0 heterocycles. The van der Waals surface area contributed by atoms with Gasteiger partial charge in [0, 0.05) is 5.56 Å². The zero-order valence-electron chi connectivity index (χ0n) is 7.11. The first-order chi connectivity index (χ1) is 6.51. The molecule has 0 saturated carbocycles. The van der Waals surface area contributed by atoms with Crippen LogP contribution in [0.2, 0.25) is 0 Å². The highest BCUT2D eigenvalue weighted by Gasteiger charge is 2.34. The molecule has 0 bridgehead atoms. The molecule has 78 valence electrons. The zero-order chi connectivity index (χ0) is 10.8. The molecule has 14 heavy (non-hydrogen) atoms. The molecular formula is C9H8F4O. The van der Waals surface area contributed by atoms with E-state index in [1.165, 1.54) is 0 Å². The summed E-state index contributed by atoms with van der Waals surface area (Å²) in [7, 11) is 0. The fourth-order valence-electron chi connectivity index (χ4n) is 1.10. The summed E-state index contributed by atoms with van der Waals surface area (Å²) < 4.78 is 50.3. The Balaban J connectivity index is 3.23. The number of aliphatic hydroxyl groups excluding tert-OH is 1. The summed E-state index contributed by atoms with van der Waals surface area (Å²) in [6.07, 6.45) is 0. The number of aliphatic hydroxyl groups is 1. The van der Waals surface area contributed by atoms with Crippen molar-refractivity contribution < 1.29 is 22.7 Å². The van der Waals surface area contributed by atoms with Crippen molar-refractivity contribution in [1.29, 1.82) is 0 Å². The molecule has 1 nitrogen and oxygen atoms in total. The Morgan fingerprint density at radius 1 is 1.29 bits per heavy atom. The minimum atomic E-state index is -3.75. The van der Waals surface area contributed by atoms with Crippen LogP contribution in [0.3, 0.4) is 0 Å². The maximum atomic E-state index is 12.9. The van der Waals surface area contributed by atoms with Gasteiger partial charge in [0.15, 0.2) is 6.67 Å². The molecule has 0 aromatic heterocycles. The van der Waals surface area contributed by atoms with E-state index in [1.54, 1.807) is 0 Å². The lowest BCUT2D eigenvalue weighted by molar-refractivity contribution is -0.0299. The van der Waals surface area contributed by atoms with E-state index in [0.717, 1.165) is 12.1 Å². The first-order valence-corrected chi connectivity index (χ1v) is 3.85. The fourth-order valence-corrected chi connectivity index (χ4v) is 1.10. The van der Waals surface area contributed by atoms with Crippen LogP contribution in [0.4, 0.5) is 17.6 Å². The van der Waals surface area contributed by atoms with Crippen molar-refractivity contribution in [2.75, 3.05) is 6.67 Å². The van der Waals surface area contributed by atoms with Crippen molar-refractivity contribution >= 4 is 0 Å². The lowest BCUT2D eigenvalue weighted by atomic mass is 10.0. The molecule has 0 amide bonds. The monoisotopic (exact) mass is 208 g/mol. The van der Waals surface area contributed by atoms with E-state index < -0.39 is 30.6 Å². The molecule has 0 aliphatic heterocycles. The summed E-state index contributed by atoms with van der Waals surface area (Å²) in [5, 5.41) is 8.69. The van der Waals surface area contributed by atoms with Gasteiger partial charge in [-0.1, -0.05) is 6.07 Å². The number of hydrogen-bond donors (Lipinski definition) is 1. The van der Waals surface area contributed by atoms with E-state index in [-0.39, 0.29) is 5.56 Å². The number of benzene rings is 1. The van der Waals surface area contributed by atoms with Gasteiger partial charge in [-0.2, -0.15) is 8.78 Å². The van der Waals surface area contributed by atoms with Crippen LogP contribution in [0.15, 0.2) is 18.2 Å². The molecule has 1 aromatic rings. The van der Waals surface area contributed by atoms with Gasteiger partial charge in [-0.05, 0) is 17.7 Å². The fraction of sp³-hybridized carbons (Fsp3) is 0.333. The van der Waals surface area contributed by atoms with Gasteiger partial charge in [-0.25, -0.2) is 8.78 Å². The highest BCUT2D eigenvalue weighted by atomic mass is 19.3. The average Bonchev–Trinajstić information content (AvgIpc) is 2.18. The van der Waals surface area contributed by atoms with Crippen LogP contribution in [0.25, 0.3) is 0 Å². The Morgan fingerprint density at radius 2 is 1.93 bits per heavy atom. The molecule has 0 unspecified atom stereocenters. The summed E-state index contributed by atoms with van der Waals surface area (Å²) >= 11 is 0. The van der Waals surface area contributed by atoms with Gasteiger partial charge in [0.2, 0.25) is 0 Å². The van der Waals surface area contributed by atoms with Gasteiger partial charge >= 0.3 is 5.92 Å². The standard InChI is InChI=1S/C9H8F4O/c10-5-9(12,13)8-3-7(11)2-1-6(8)4-14/h1-3,14H,4-5H2. The first kappa shape index (κ1) is 11.0. The minimum absolute atomic E-state index is 0.172. The number of hydrogen-bond acceptors (Lipinski definition) is 1. The molecule has 0 atom stereocenters. The summed E-state index contributed by atoms with van der Waals surface area (Å²) in [6, 6.07) is 2.47. The third-order valence-corrected chi connectivity index (χ3v) is 1.80. The molecule has 1 N–H and O–H groups in total. The predicted molar refractivity (Wildman–Crippen MR) is 42.2 cm³/mol. The van der Waals surface area contributed by atoms with E-state index >= 15 is 0 Å². The number of alkyl halides is 3. The molecule has 0 saturated heterocycles. The second-order valence-corrected chi connectivity index (χ2v) is 2.80. The van der Waals surface area contributed by atoms with E-state index in [4.69, 9.17) is 5.11 Å². The second kappa shape index (κ2) is 3.96. The summed E-state index contributed by atoms with van der Waals surface area (Å²) in [5.41, 5.74) is -0.975. The van der Waals surface area contributed by atoms with Crippen molar-refractivity contribution in [3.05, 3.63) is 35.1 Å². The van der Waals surface area contributed by atoms with Crippen LogP contribution >= 0.6 is 0 Å². The van der Waals surface area contributed by atoms with Crippen molar-refractivity contribution in [2.45, 2.75) is 12.5 Å². The van der Waals surface area contributed by atoms with Crippen LogP contribution in [0, 0.1) is 5.82 Å². The topological polar surface area (TPSA) is 20.2 Å². The van der Waals surface area contributed by atoms with Crippen LogP contribution in [-0.4, -0.2) is 11.8 Å². The molecule has 0 radical (unpaired) electrons. The maximum Gasteiger partial charge on any atom is 0.301 e. The van der Waals surface area contributed by atoms with Gasteiger partial charge in [-0.3, -0.25) is 0 Å². The summed E-state index contributed by atoms with van der Waals surface area (Å²) in [6.45, 7) is -2.59. The molecule has 1 rings (SSSR count). The SMILES string of the molecule is OCc1ccc(F)cc1C(F)(F)CF. The third-order valence-electron chi connectivity index (χ3n) is 1.80. The zero-order valence-corrected chi connectivity index (χ0v) is 7.11. The van der Waals surface area contributed by atoms with Crippen molar-refractivity contribution in [2.24, 2.45) is 0 Å². The molecule has 0 fully saturated rings. The van der Waals surface area contributed by atoms with E-state index in [0.29, 0.717) is 6.07 Å². The normalized spacial score (nSPS) is 11.8. The Kier molecular flexibility index (Phi) is 3.10. The van der Waals surface area contributed by atoms with Gasteiger partial charge < -0.3 is 5.11 Å². The van der Waals surface area contributed by atoms with Crippen LogP contribution in [-0.2, 0) is 12.5 Å². The predicted octanol–water partition coefficient (Wildman–Crippen LogP) is 2.38. The second-order valence-electron chi connectivity index (χ2n) is 2.80. The largest absolute Gasteiger partial charge is 0.392 e. The highest BCUT2D eigenvalue weighted by molar-refractivity contribution is 5.31. The van der Waals surface area contributed by atoms with Gasteiger partial charge in [0.05, 0.1) is 6.61 Å². The van der Waals surface area contributed by atoms with Crippen molar-refractivity contribution in [1.82, 2.24) is 0 Å². The lowest BCUT2D eigenvalue weighted by Crippen LogP contribution is -2.18. The Labute approximate surface area is 78.0 Å².